The van der Waals surface area contributed by atoms with E-state index in [2.05, 4.69) is 15.9 Å². The number of carbonyl (C=O) groups is 1. The zero-order valence-corrected chi connectivity index (χ0v) is 12.4. The zero-order valence-electron chi connectivity index (χ0n) is 10.9. The van der Waals surface area contributed by atoms with Crippen molar-refractivity contribution < 1.29 is 14.6 Å². The SMILES string of the molecule is Cc1cc(Br)cc(/C=C/C(=O)O)c1OCC1CCC1. The first-order valence-electron chi connectivity index (χ1n) is 6.40. The molecule has 1 N–H and O–H groups in total. The highest BCUT2D eigenvalue weighted by Gasteiger charge is 2.19. The molecule has 0 spiro atoms. The largest absolute Gasteiger partial charge is 0.492 e. The van der Waals surface area contributed by atoms with E-state index < -0.39 is 5.97 Å². The fourth-order valence-corrected chi connectivity index (χ4v) is 2.69. The number of ether oxygens (including phenoxy) is 1. The fraction of sp³-hybridized carbons (Fsp3) is 0.400. The van der Waals surface area contributed by atoms with Crippen molar-refractivity contribution in [2.75, 3.05) is 6.61 Å². The second kappa shape index (κ2) is 6.24. The lowest BCUT2D eigenvalue weighted by atomic mass is 9.86. The topological polar surface area (TPSA) is 46.5 Å². The van der Waals surface area contributed by atoms with Crippen LogP contribution in [0.15, 0.2) is 22.7 Å². The highest BCUT2D eigenvalue weighted by molar-refractivity contribution is 9.10. The Kier molecular flexibility index (Phi) is 4.64. The van der Waals surface area contributed by atoms with Crippen molar-refractivity contribution >= 4 is 28.0 Å². The van der Waals surface area contributed by atoms with Crippen LogP contribution in [0.3, 0.4) is 0 Å². The van der Waals surface area contributed by atoms with Gasteiger partial charge in [-0.3, -0.25) is 0 Å². The summed E-state index contributed by atoms with van der Waals surface area (Å²) in [5.74, 6) is 0.481. The van der Waals surface area contributed by atoms with Gasteiger partial charge in [0.05, 0.1) is 6.61 Å². The third kappa shape index (κ3) is 3.83. The molecule has 1 fully saturated rings. The number of halogens is 1. The van der Waals surface area contributed by atoms with Crippen molar-refractivity contribution in [1.82, 2.24) is 0 Å². The molecule has 1 aromatic carbocycles. The third-order valence-electron chi connectivity index (χ3n) is 3.36. The minimum Gasteiger partial charge on any atom is -0.492 e. The maximum atomic E-state index is 10.6. The van der Waals surface area contributed by atoms with Crippen LogP contribution in [0.5, 0.6) is 5.75 Å². The molecule has 19 heavy (non-hydrogen) atoms. The number of hydrogen-bond donors (Lipinski definition) is 1. The Labute approximate surface area is 121 Å². The Morgan fingerprint density at radius 2 is 2.26 bits per heavy atom. The van der Waals surface area contributed by atoms with Gasteiger partial charge >= 0.3 is 5.97 Å². The molecule has 1 saturated carbocycles. The Bertz CT molecular complexity index is 504. The smallest absolute Gasteiger partial charge is 0.328 e. The maximum absolute atomic E-state index is 10.6. The summed E-state index contributed by atoms with van der Waals surface area (Å²) in [6.07, 6.45) is 6.47. The van der Waals surface area contributed by atoms with Crippen LogP contribution in [0.4, 0.5) is 0 Å². The molecule has 0 atom stereocenters. The maximum Gasteiger partial charge on any atom is 0.328 e. The van der Waals surface area contributed by atoms with Crippen LogP contribution in [-0.4, -0.2) is 17.7 Å². The fourth-order valence-electron chi connectivity index (χ4n) is 2.10. The molecule has 2 rings (SSSR count). The number of hydrogen-bond acceptors (Lipinski definition) is 2. The van der Waals surface area contributed by atoms with Gasteiger partial charge in [-0.05, 0) is 49.5 Å². The summed E-state index contributed by atoms with van der Waals surface area (Å²) in [7, 11) is 0. The van der Waals surface area contributed by atoms with E-state index in [9.17, 15) is 4.79 Å². The van der Waals surface area contributed by atoms with Gasteiger partial charge in [0.2, 0.25) is 0 Å². The van der Waals surface area contributed by atoms with Crippen LogP contribution >= 0.6 is 15.9 Å². The molecule has 0 aromatic heterocycles. The molecule has 3 nitrogen and oxygen atoms in total. The number of benzene rings is 1. The summed E-state index contributed by atoms with van der Waals surface area (Å²) >= 11 is 3.42. The average Bonchev–Trinajstić information content (AvgIpc) is 2.26. The molecule has 4 heteroatoms. The first-order valence-corrected chi connectivity index (χ1v) is 7.19. The molecule has 0 aliphatic heterocycles. The monoisotopic (exact) mass is 324 g/mol. The zero-order chi connectivity index (χ0) is 13.8. The predicted molar refractivity (Wildman–Crippen MR) is 78.4 cm³/mol. The molecule has 1 aromatic rings. The molecule has 0 amide bonds. The van der Waals surface area contributed by atoms with Crippen LogP contribution in [0.25, 0.3) is 6.08 Å². The Balaban J connectivity index is 2.19. The summed E-state index contributed by atoms with van der Waals surface area (Å²) in [5, 5.41) is 8.73. The number of rotatable bonds is 5. The molecule has 0 bridgehead atoms. The Morgan fingerprint density at radius 1 is 1.53 bits per heavy atom. The molecule has 0 unspecified atom stereocenters. The molecule has 0 heterocycles. The highest BCUT2D eigenvalue weighted by Crippen LogP contribution is 2.32. The van der Waals surface area contributed by atoms with Gasteiger partial charge in [-0.1, -0.05) is 22.4 Å². The quantitative estimate of drug-likeness (QED) is 0.831. The van der Waals surface area contributed by atoms with Gasteiger partial charge in [-0.25, -0.2) is 4.79 Å². The second-order valence-corrected chi connectivity index (χ2v) is 5.84. The molecule has 0 radical (unpaired) electrons. The molecule has 0 saturated heterocycles. The highest BCUT2D eigenvalue weighted by atomic mass is 79.9. The number of aryl methyl sites for hydroxylation is 1. The van der Waals surface area contributed by atoms with Gasteiger partial charge in [0.15, 0.2) is 0 Å². The van der Waals surface area contributed by atoms with Crippen molar-refractivity contribution in [3.8, 4) is 5.75 Å². The van der Waals surface area contributed by atoms with Crippen LogP contribution in [0.2, 0.25) is 0 Å². The van der Waals surface area contributed by atoms with E-state index in [0.717, 1.165) is 34.0 Å². The molecule has 102 valence electrons. The Hall–Kier alpha value is -1.29. The van der Waals surface area contributed by atoms with Crippen LogP contribution in [0.1, 0.15) is 30.4 Å². The summed E-state index contributed by atoms with van der Waals surface area (Å²) in [4.78, 5) is 10.6. The van der Waals surface area contributed by atoms with Crippen molar-refractivity contribution in [2.45, 2.75) is 26.2 Å². The van der Waals surface area contributed by atoms with E-state index in [0.29, 0.717) is 5.92 Å². The van der Waals surface area contributed by atoms with E-state index in [1.54, 1.807) is 6.08 Å². The molecular formula is C15H17BrO3. The van der Waals surface area contributed by atoms with Gasteiger partial charge < -0.3 is 9.84 Å². The van der Waals surface area contributed by atoms with Crippen LogP contribution in [-0.2, 0) is 4.79 Å². The van der Waals surface area contributed by atoms with Gasteiger partial charge in [0.1, 0.15) is 5.75 Å². The van der Waals surface area contributed by atoms with Gasteiger partial charge in [0.25, 0.3) is 0 Å². The lowest BCUT2D eigenvalue weighted by Crippen LogP contribution is -2.19. The minimum absolute atomic E-state index is 0.652. The van der Waals surface area contributed by atoms with E-state index in [4.69, 9.17) is 9.84 Å². The van der Waals surface area contributed by atoms with E-state index >= 15 is 0 Å². The van der Waals surface area contributed by atoms with Crippen molar-refractivity contribution in [3.63, 3.8) is 0 Å². The van der Waals surface area contributed by atoms with Crippen molar-refractivity contribution in [3.05, 3.63) is 33.8 Å². The molecular weight excluding hydrogens is 308 g/mol. The van der Waals surface area contributed by atoms with E-state index in [-0.39, 0.29) is 0 Å². The average molecular weight is 325 g/mol. The molecule has 1 aliphatic rings. The van der Waals surface area contributed by atoms with Crippen LogP contribution < -0.4 is 4.74 Å². The first-order chi connectivity index (χ1) is 9.06. The second-order valence-electron chi connectivity index (χ2n) is 4.92. The van der Waals surface area contributed by atoms with Crippen molar-refractivity contribution in [1.29, 1.82) is 0 Å². The summed E-state index contributed by atoms with van der Waals surface area (Å²) in [6.45, 7) is 2.69. The number of carboxylic acids is 1. The number of aliphatic carboxylic acids is 1. The van der Waals surface area contributed by atoms with E-state index in [1.807, 2.05) is 19.1 Å². The lowest BCUT2D eigenvalue weighted by molar-refractivity contribution is -0.131. The standard InChI is InChI=1S/C15H17BrO3/c1-10-7-13(16)8-12(5-6-14(17)18)15(10)19-9-11-3-2-4-11/h5-8,11H,2-4,9H2,1H3,(H,17,18)/b6-5+. The van der Waals surface area contributed by atoms with Gasteiger partial charge in [-0.2, -0.15) is 0 Å². The van der Waals surface area contributed by atoms with E-state index in [1.165, 1.54) is 19.3 Å². The predicted octanol–water partition coefficient (Wildman–Crippen LogP) is 4.03. The summed E-state index contributed by atoms with van der Waals surface area (Å²) in [5.41, 5.74) is 1.81. The molecule has 1 aliphatic carbocycles. The summed E-state index contributed by atoms with van der Waals surface area (Å²) < 4.78 is 6.82. The lowest BCUT2D eigenvalue weighted by Gasteiger charge is -2.26. The number of carboxylic acid groups (broad SMARTS) is 1. The van der Waals surface area contributed by atoms with Gasteiger partial charge in [0, 0.05) is 16.1 Å². The van der Waals surface area contributed by atoms with Crippen LogP contribution in [0, 0.1) is 12.8 Å². The van der Waals surface area contributed by atoms with Gasteiger partial charge in [-0.15, -0.1) is 0 Å². The minimum atomic E-state index is -0.956. The summed E-state index contributed by atoms with van der Waals surface area (Å²) in [6, 6.07) is 3.86. The third-order valence-corrected chi connectivity index (χ3v) is 3.82. The van der Waals surface area contributed by atoms with Crippen molar-refractivity contribution in [2.24, 2.45) is 5.92 Å². The normalized spacial score (nSPS) is 15.5. The first kappa shape index (κ1) is 14.1. The Morgan fingerprint density at radius 3 is 2.84 bits per heavy atom.